The summed E-state index contributed by atoms with van der Waals surface area (Å²) in [5.74, 6) is -2.18. The van der Waals surface area contributed by atoms with Gasteiger partial charge in [0.2, 0.25) is 0 Å². The quantitative estimate of drug-likeness (QED) is 0.407. The fraction of sp³-hybridized carbons (Fsp3) is 0.500. The van der Waals surface area contributed by atoms with Gasteiger partial charge in [-0.3, -0.25) is 9.59 Å². The van der Waals surface area contributed by atoms with Crippen LogP contribution in [0.4, 0.5) is 0 Å². The minimum absolute atomic E-state index is 0.519. The van der Waals surface area contributed by atoms with Gasteiger partial charge >= 0.3 is 17.9 Å². The highest BCUT2D eigenvalue weighted by atomic mass is 16.6. The molecule has 0 spiro atoms. The maximum Gasteiger partial charge on any atom is 0.351 e. The Kier molecular flexibility index (Phi) is 3.87. The van der Waals surface area contributed by atoms with E-state index in [1.807, 2.05) is 0 Å². The van der Waals surface area contributed by atoms with E-state index in [9.17, 15) is 14.4 Å². The summed E-state index contributed by atoms with van der Waals surface area (Å²) in [7, 11) is 0. The van der Waals surface area contributed by atoms with E-state index in [4.69, 9.17) is 0 Å². The molecule has 0 saturated heterocycles. The van der Waals surface area contributed by atoms with Crippen LogP contribution < -0.4 is 0 Å². The molecule has 0 aromatic rings. The van der Waals surface area contributed by atoms with Crippen LogP contribution in [0.5, 0.6) is 0 Å². The second-order valence-corrected chi connectivity index (χ2v) is 1.75. The number of hydrogen-bond donors (Lipinski definition) is 0. The highest BCUT2D eigenvalue weighted by Gasteiger charge is 2.06. The first-order valence-electron chi connectivity index (χ1n) is 2.87. The summed E-state index contributed by atoms with van der Waals surface area (Å²) in [4.78, 5) is 30.7. The summed E-state index contributed by atoms with van der Waals surface area (Å²) in [6.45, 7) is 1.72. The van der Waals surface area contributed by atoms with E-state index in [-0.39, 0.29) is 0 Å². The van der Waals surface area contributed by atoms with Crippen molar-refractivity contribution in [1.82, 2.24) is 0 Å². The number of rotatable bonds is 2. The molecule has 0 aliphatic carbocycles. The molecule has 5 nitrogen and oxygen atoms in total. The molecule has 0 radical (unpaired) electrons. The molecule has 0 aromatic carbocycles. The highest BCUT2D eigenvalue weighted by Crippen LogP contribution is 1.82. The third-order valence-electron chi connectivity index (χ3n) is 0.651. The first-order valence-corrected chi connectivity index (χ1v) is 2.87. The van der Waals surface area contributed by atoms with Gasteiger partial charge in [-0.15, -0.1) is 0 Å². The summed E-state index contributed by atoms with van der Waals surface area (Å²) < 4.78 is 8.28. The Hall–Kier alpha value is -1.39. The molecule has 0 aliphatic heterocycles. The van der Waals surface area contributed by atoms with Crippen molar-refractivity contribution in [3.63, 3.8) is 0 Å². The highest BCUT2D eigenvalue weighted by molar-refractivity contribution is 5.85. The molecule has 0 heterocycles. The van der Waals surface area contributed by atoms with E-state index in [0.29, 0.717) is 0 Å². The topological polar surface area (TPSA) is 69.7 Å². The Labute approximate surface area is 63.3 Å². The number of carbonyl (C=O) groups excluding carboxylic acids is 3. The molecule has 0 bridgehead atoms. The zero-order valence-corrected chi connectivity index (χ0v) is 6.25. The van der Waals surface area contributed by atoms with Gasteiger partial charge in [0.05, 0.1) is 0 Å². The van der Waals surface area contributed by atoms with Crippen molar-refractivity contribution in [2.45, 2.75) is 13.8 Å². The lowest BCUT2D eigenvalue weighted by Crippen LogP contribution is -2.17. The normalized spacial score (nSPS) is 8.55. The molecule has 62 valence electrons. The molecule has 5 heteroatoms. The molecule has 0 N–H and O–H groups in total. The summed E-state index contributed by atoms with van der Waals surface area (Å²) in [6, 6.07) is 0. The lowest BCUT2D eigenvalue weighted by atomic mass is 10.7. The molecule has 0 amide bonds. The number of hydrogen-bond acceptors (Lipinski definition) is 5. The summed E-state index contributed by atoms with van der Waals surface area (Å²) in [5, 5.41) is 0. The summed E-state index contributed by atoms with van der Waals surface area (Å²) in [6.07, 6.45) is 0. The Morgan fingerprint density at radius 3 is 2.00 bits per heavy atom. The fourth-order valence-electron chi connectivity index (χ4n) is 0.350. The van der Waals surface area contributed by atoms with Crippen LogP contribution in [0.3, 0.4) is 0 Å². The maximum absolute atomic E-state index is 10.4. The van der Waals surface area contributed by atoms with Crippen molar-refractivity contribution in [3.8, 4) is 0 Å². The summed E-state index contributed by atoms with van der Waals surface area (Å²) in [5.41, 5.74) is 0. The van der Waals surface area contributed by atoms with Gasteiger partial charge in [0.1, 0.15) is 0 Å². The predicted molar refractivity (Wildman–Crippen MR) is 33.4 cm³/mol. The molecular formula is C6H8O5. The Bertz CT molecular complexity index is 183. The van der Waals surface area contributed by atoms with Crippen molar-refractivity contribution in [1.29, 1.82) is 0 Å². The standard InChI is InChI=1S/C6H8O5/c1-4(7)10-3-6(9)11-5(2)8/h3H2,1-2H3. The average Bonchev–Trinajstić information content (AvgIpc) is 1.82. The van der Waals surface area contributed by atoms with Crippen LogP contribution in [0.1, 0.15) is 13.8 Å². The van der Waals surface area contributed by atoms with Gasteiger partial charge in [0.15, 0.2) is 6.61 Å². The zero-order valence-electron chi connectivity index (χ0n) is 6.25. The molecule has 0 aliphatic rings. The van der Waals surface area contributed by atoms with Crippen LogP contribution in [0, 0.1) is 0 Å². The molecule has 0 saturated carbocycles. The molecule has 0 unspecified atom stereocenters. The van der Waals surface area contributed by atoms with Gasteiger partial charge in [-0.25, -0.2) is 4.79 Å². The van der Waals surface area contributed by atoms with E-state index in [1.54, 1.807) is 0 Å². The Balaban J connectivity index is 3.53. The summed E-state index contributed by atoms with van der Waals surface area (Å²) >= 11 is 0. The molecule has 0 aromatic heterocycles. The minimum atomic E-state index is -0.868. The van der Waals surface area contributed by atoms with E-state index < -0.39 is 24.5 Å². The van der Waals surface area contributed by atoms with Gasteiger partial charge in [-0.1, -0.05) is 0 Å². The Morgan fingerprint density at radius 2 is 1.64 bits per heavy atom. The van der Waals surface area contributed by atoms with E-state index in [0.717, 1.165) is 13.8 Å². The number of esters is 3. The molecule has 0 rings (SSSR count). The largest absolute Gasteiger partial charge is 0.454 e. The van der Waals surface area contributed by atoms with E-state index in [2.05, 4.69) is 9.47 Å². The van der Waals surface area contributed by atoms with Gasteiger partial charge in [-0.2, -0.15) is 0 Å². The van der Waals surface area contributed by atoms with Crippen molar-refractivity contribution in [3.05, 3.63) is 0 Å². The van der Waals surface area contributed by atoms with Gasteiger partial charge in [0.25, 0.3) is 0 Å². The SMILES string of the molecule is CC(=O)OCC(=O)OC(C)=O. The van der Waals surface area contributed by atoms with Crippen LogP contribution in [0.15, 0.2) is 0 Å². The zero-order chi connectivity index (χ0) is 8.85. The first-order chi connectivity index (χ1) is 5.02. The molecule has 0 atom stereocenters. The number of carbonyl (C=O) groups is 3. The van der Waals surface area contributed by atoms with Gasteiger partial charge in [0, 0.05) is 13.8 Å². The van der Waals surface area contributed by atoms with Crippen LogP contribution in [0.25, 0.3) is 0 Å². The van der Waals surface area contributed by atoms with Crippen LogP contribution >= 0.6 is 0 Å². The second-order valence-electron chi connectivity index (χ2n) is 1.75. The van der Waals surface area contributed by atoms with Gasteiger partial charge < -0.3 is 9.47 Å². The first kappa shape index (κ1) is 9.61. The monoisotopic (exact) mass is 160 g/mol. The van der Waals surface area contributed by atoms with Crippen molar-refractivity contribution < 1.29 is 23.9 Å². The van der Waals surface area contributed by atoms with E-state index in [1.165, 1.54) is 0 Å². The predicted octanol–water partition coefficient (Wildman–Crippen LogP) is -0.361. The lowest BCUT2D eigenvalue weighted by molar-refractivity contribution is -0.165. The Morgan fingerprint density at radius 1 is 1.09 bits per heavy atom. The third kappa shape index (κ3) is 6.50. The number of ether oxygens (including phenoxy) is 2. The van der Waals surface area contributed by atoms with Crippen molar-refractivity contribution >= 4 is 17.9 Å². The molecular weight excluding hydrogens is 152 g/mol. The van der Waals surface area contributed by atoms with Gasteiger partial charge in [-0.05, 0) is 0 Å². The minimum Gasteiger partial charge on any atom is -0.454 e. The fourth-order valence-corrected chi connectivity index (χ4v) is 0.350. The maximum atomic E-state index is 10.4. The smallest absolute Gasteiger partial charge is 0.351 e. The van der Waals surface area contributed by atoms with Crippen molar-refractivity contribution in [2.24, 2.45) is 0 Å². The lowest BCUT2D eigenvalue weighted by Gasteiger charge is -1.98. The average molecular weight is 160 g/mol. The molecule has 0 fully saturated rings. The molecule has 11 heavy (non-hydrogen) atoms. The van der Waals surface area contributed by atoms with Crippen LogP contribution in [0.2, 0.25) is 0 Å². The third-order valence-corrected chi connectivity index (χ3v) is 0.651. The van der Waals surface area contributed by atoms with E-state index >= 15 is 0 Å². The second kappa shape index (κ2) is 4.43. The van der Waals surface area contributed by atoms with Crippen LogP contribution in [-0.2, 0) is 23.9 Å². The van der Waals surface area contributed by atoms with Crippen molar-refractivity contribution in [2.75, 3.05) is 6.61 Å². The van der Waals surface area contributed by atoms with Crippen LogP contribution in [-0.4, -0.2) is 24.5 Å².